The van der Waals surface area contributed by atoms with Crippen molar-refractivity contribution in [1.82, 2.24) is 15.2 Å². The van der Waals surface area contributed by atoms with Gasteiger partial charge in [0.15, 0.2) is 5.69 Å². The summed E-state index contributed by atoms with van der Waals surface area (Å²) in [5, 5.41) is 9.47. The molecule has 2 heterocycles. The number of ether oxygens (including phenoxy) is 1. The van der Waals surface area contributed by atoms with Gasteiger partial charge in [-0.25, -0.2) is 4.39 Å². The molecule has 3 aromatic rings. The predicted molar refractivity (Wildman–Crippen MR) is 119 cm³/mol. The van der Waals surface area contributed by atoms with Crippen molar-refractivity contribution in [2.24, 2.45) is 0 Å². The molecule has 1 amide bonds. The quantitative estimate of drug-likeness (QED) is 0.362. The summed E-state index contributed by atoms with van der Waals surface area (Å²) in [6, 6.07) is 11.2. The number of fused-ring (bicyclic) bond motifs is 3. The van der Waals surface area contributed by atoms with Crippen LogP contribution < -0.4 is 9.64 Å². The number of aromatic nitrogens is 3. The summed E-state index contributed by atoms with van der Waals surface area (Å²) < 4.78 is 20.9. The van der Waals surface area contributed by atoms with Gasteiger partial charge in [0.2, 0.25) is 23.2 Å². The first-order chi connectivity index (χ1) is 15.0. The SMILES string of the molecule is CCCCSc1nnc2c(n1)OC(c1ccccc1F)N(C(C)=O)c1ccc(Cl)cc1-2. The number of carbonyl (C=O) groups excluding carboxylic acids is 1. The minimum Gasteiger partial charge on any atom is -0.447 e. The molecular weight excluding hydrogens is 439 g/mol. The number of halogens is 2. The van der Waals surface area contributed by atoms with Crippen LogP contribution in [0, 0.1) is 5.82 Å². The van der Waals surface area contributed by atoms with E-state index in [1.165, 1.54) is 29.7 Å². The largest absolute Gasteiger partial charge is 0.447 e. The zero-order chi connectivity index (χ0) is 22.0. The lowest BCUT2D eigenvalue weighted by Crippen LogP contribution is -2.36. The van der Waals surface area contributed by atoms with Crippen molar-refractivity contribution in [2.45, 2.75) is 38.1 Å². The van der Waals surface area contributed by atoms with E-state index in [0.29, 0.717) is 27.1 Å². The molecule has 1 aromatic heterocycles. The van der Waals surface area contributed by atoms with Crippen molar-refractivity contribution < 1.29 is 13.9 Å². The van der Waals surface area contributed by atoms with Crippen LogP contribution in [0.5, 0.6) is 5.88 Å². The molecule has 0 bridgehead atoms. The average molecular weight is 459 g/mol. The van der Waals surface area contributed by atoms with E-state index < -0.39 is 12.0 Å². The fourth-order valence-corrected chi connectivity index (χ4v) is 4.36. The molecule has 6 nitrogen and oxygen atoms in total. The highest BCUT2D eigenvalue weighted by molar-refractivity contribution is 7.99. The topological polar surface area (TPSA) is 68.2 Å². The van der Waals surface area contributed by atoms with Crippen molar-refractivity contribution in [3.63, 3.8) is 0 Å². The molecule has 0 spiro atoms. The van der Waals surface area contributed by atoms with E-state index in [4.69, 9.17) is 16.3 Å². The van der Waals surface area contributed by atoms with Crippen LogP contribution in [0.4, 0.5) is 10.1 Å². The molecule has 1 aliphatic rings. The van der Waals surface area contributed by atoms with Gasteiger partial charge < -0.3 is 4.74 Å². The van der Waals surface area contributed by atoms with E-state index in [1.807, 2.05) is 0 Å². The molecular formula is C22H20ClFN4O2S. The number of unbranched alkanes of at least 4 members (excludes halogenated alkanes) is 1. The van der Waals surface area contributed by atoms with Crippen LogP contribution in [0.1, 0.15) is 38.5 Å². The fourth-order valence-electron chi connectivity index (χ4n) is 3.32. The van der Waals surface area contributed by atoms with Crippen LogP contribution in [-0.2, 0) is 4.79 Å². The second-order valence-electron chi connectivity index (χ2n) is 6.99. The van der Waals surface area contributed by atoms with Crippen LogP contribution in [-0.4, -0.2) is 26.8 Å². The molecule has 31 heavy (non-hydrogen) atoms. The van der Waals surface area contributed by atoms with Crippen LogP contribution >= 0.6 is 23.4 Å². The third-order valence-electron chi connectivity index (χ3n) is 4.81. The van der Waals surface area contributed by atoms with Crippen LogP contribution in [0.25, 0.3) is 11.3 Å². The molecule has 1 atom stereocenters. The molecule has 0 saturated heterocycles. The highest BCUT2D eigenvalue weighted by Crippen LogP contribution is 2.44. The zero-order valence-electron chi connectivity index (χ0n) is 17.0. The molecule has 1 aliphatic heterocycles. The molecule has 0 aliphatic carbocycles. The molecule has 9 heteroatoms. The normalized spacial score (nSPS) is 15.0. The second kappa shape index (κ2) is 9.20. The van der Waals surface area contributed by atoms with Crippen molar-refractivity contribution in [3.05, 3.63) is 58.9 Å². The van der Waals surface area contributed by atoms with E-state index in [9.17, 15) is 9.18 Å². The van der Waals surface area contributed by atoms with Crippen molar-refractivity contribution in [2.75, 3.05) is 10.7 Å². The molecule has 4 rings (SSSR count). The Kier molecular flexibility index (Phi) is 6.38. The molecule has 2 aromatic carbocycles. The molecule has 160 valence electrons. The third-order valence-corrected chi connectivity index (χ3v) is 5.96. The Balaban J connectivity index is 1.90. The summed E-state index contributed by atoms with van der Waals surface area (Å²) in [6.07, 6.45) is 1.00. The predicted octanol–water partition coefficient (Wildman–Crippen LogP) is 5.67. The highest BCUT2D eigenvalue weighted by Gasteiger charge is 2.36. The number of rotatable bonds is 5. The molecule has 0 N–H and O–H groups in total. The number of hydrogen-bond donors (Lipinski definition) is 0. The maximum absolute atomic E-state index is 14.8. The third kappa shape index (κ3) is 4.36. The molecule has 0 radical (unpaired) electrons. The standard InChI is InChI=1S/C22H20ClFN4O2S/c1-3-4-11-31-22-25-20-19(26-27-22)16-12-14(23)9-10-18(16)28(13(2)29)21(30-20)15-7-5-6-8-17(15)24/h5-10,12,21H,3-4,11H2,1-2H3. The lowest BCUT2D eigenvalue weighted by atomic mass is 10.1. The first-order valence-electron chi connectivity index (χ1n) is 9.88. The van der Waals surface area contributed by atoms with E-state index in [2.05, 4.69) is 22.1 Å². The Morgan fingerprint density at radius 2 is 2.06 bits per heavy atom. The highest BCUT2D eigenvalue weighted by atomic mass is 35.5. The van der Waals surface area contributed by atoms with Gasteiger partial charge in [-0.15, -0.1) is 10.2 Å². The lowest BCUT2D eigenvalue weighted by Gasteiger charge is -2.30. The van der Waals surface area contributed by atoms with E-state index in [-0.39, 0.29) is 17.4 Å². The number of amides is 1. The number of benzene rings is 2. The Bertz CT molecular complexity index is 1130. The molecule has 0 saturated carbocycles. The fraction of sp³-hybridized carbons (Fsp3) is 0.273. The summed E-state index contributed by atoms with van der Waals surface area (Å²) in [7, 11) is 0. The number of carbonyl (C=O) groups is 1. The van der Waals surface area contributed by atoms with E-state index in [1.54, 1.807) is 36.4 Å². The minimum atomic E-state index is -1.06. The van der Waals surface area contributed by atoms with Gasteiger partial charge in [-0.1, -0.05) is 54.9 Å². The summed E-state index contributed by atoms with van der Waals surface area (Å²) in [5.41, 5.74) is 1.60. The molecule has 0 fully saturated rings. The maximum atomic E-state index is 14.8. The van der Waals surface area contributed by atoms with Crippen LogP contribution in [0.15, 0.2) is 47.6 Å². The Morgan fingerprint density at radius 1 is 1.26 bits per heavy atom. The zero-order valence-corrected chi connectivity index (χ0v) is 18.6. The van der Waals surface area contributed by atoms with Gasteiger partial charge in [0.1, 0.15) is 5.82 Å². The van der Waals surface area contributed by atoms with Gasteiger partial charge in [-0.2, -0.15) is 4.98 Å². The van der Waals surface area contributed by atoms with Crippen LogP contribution in [0.2, 0.25) is 5.02 Å². The maximum Gasteiger partial charge on any atom is 0.247 e. The van der Waals surface area contributed by atoms with E-state index in [0.717, 1.165) is 18.6 Å². The van der Waals surface area contributed by atoms with Gasteiger partial charge in [0, 0.05) is 28.8 Å². The van der Waals surface area contributed by atoms with Gasteiger partial charge in [-0.3, -0.25) is 9.69 Å². The number of anilines is 1. The summed E-state index contributed by atoms with van der Waals surface area (Å²) >= 11 is 7.71. The monoisotopic (exact) mass is 458 g/mol. The summed E-state index contributed by atoms with van der Waals surface area (Å²) in [5.74, 6) is 0.206. The summed E-state index contributed by atoms with van der Waals surface area (Å²) in [4.78, 5) is 18.6. The van der Waals surface area contributed by atoms with Gasteiger partial charge in [-0.05, 0) is 30.7 Å². The van der Waals surface area contributed by atoms with Crippen molar-refractivity contribution >= 4 is 35.0 Å². The molecule has 1 unspecified atom stereocenters. The lowest BCUT2D eigenvalue weighted by molar-refractivity contribution is -0.118. The number of thioether (sulfide) groups is 1. The number of hydrogen-bond acceptors (Lipinski definition) is 6. The summed E-state index contributed by atoms with van der Waals surface area (Å²) in [6.45, 7) is 3.51. The van der Waals surface area contributed by atoms with Gasteiger partial charge in [0.25, 0.3) is 0 Å². The first-order valence-corrected chi connectivity index (χ1v) is 11.2. The minimum absolute atomic E-state index is 0.175. The average Bonchev–Trinajstić information content (AvgIpc) is 2.88. The number of nitrogens with zero attached hydrogens (tertiary/aromatic N) is 4. The van der Waals surface area contributed by atoms with Gasteiger partial charge >= 0.3 is 0 Å². The Labute approximate surface area is 188 Å². The van der Waals surface area contributed by atoms with Crippen LogP contribution in [0.3, 0.4) is 0 Å². The van der Waals surface area contributed by atoms with Gasteiger partial charge in [0.05, 0.1) is 5.69 Å². The Hall–Kier alpha value is -2.71. The smallest absolute Gasteiger partial charge is 0.247 e. The van der Waals surface area contributed by atoms with Crippen molar-refractivity contribution in [1.29, 1.82) is 0 Å². The van der Waals surface area contributed by atoms with E-state index >= 15 is 0 Å². The second-order valence-corrected chi connectivity index (χ2v) is 8.49. The Morgan fingerprint density at radius 3 is 2.81 bits per heavy atom. The van der Waals surface area contributed by atoms with Crippen molar-refractivity contribution in [3.8, 4) is 17.1 Å². The first kappa shape index (κ1) is 21.5.